The summed E-state index contributed by atoms with van der Waals surface area (Å²) in [6.07, 6.45) is 2.30. The van der Waals surface area contributed by atoms with Crippen molar-refractivity contribution in [2.24, 2.45) is 0 Å². The van der Waals surface area contributed by atoms with Crippen molar-refractivity contribution in [3.63, 3.8) is 0 Å². The highest BCUT2D eigenvalue weighted by atomic mass is 16.9. The van der Waals surface area contributed by atoms with Crippen LogP contribution in [0.5, 0.6) is 0 Å². The number of aromatic amines is 1. The number of fused-ring (bicyclic) bond motifs is 1. The zero-order valence-electron chi connectivity index (χ0n) is 17.4. The fraction of sp³-hybridized carbons (Fsp3) is 0.556. The summed E-state index contributed by atoms with van der Waals surface area (Å²) >= 11 is 0. The van der Waals surface area contributed by atoms with Gasteiger partial charge in [-0.15, -0.1) is 0 Å². The minimum Gasteiger partial charge on any atom is -0.383 e. The molecule has 1 atom stereocenters. The van der Waals surface area contributed by atoms with Crippen LogP contribution in [0.25, 0.3) is 11.0 Å². The fourth-order valence-electron chi connectivity index (χ4n) is 2.42. The summed E-state index contributed by atoms with van der Waals surface area (Å²) in [5.41, 5.74) is 7.11. The number of aldehydes is 1. The lowest BCUT2D eigenvalue weighted by molar-refractivity contribution is -0.455. The van der Waals surface area contributed by atoms with Gasteiger partial charge in [-0.1, -0.05) is 20.4 Å². The van der Waals surface area contributed by atoms with E-state index in [1.165, 1.54) is 12.4 Å². The Balaban J connectivity index is 0.000000428. The van der Waals surface area contributed by atoms with Gasteiger partial charge >= 0.3 is 6.16 Å². The highest BCUT2D eigenvalue weighted by Gasteiger charge is 2.26. The number of anilines is 1. The summed E-state index contributed by atoms with van der Waals surface area (Å²) < 4.78 is 4.41. The summed E-state index contributed by atoms with van der Waals surface area (Å²) in [5, 5.41) is 32.8. The molecule has 1 unspecified atom stereocenters. The largest absolute Gasteiger partial charge is 0.405 e. The van der Waals surface area contributed by atoms with Crippen LogP contribution in [0.2, 0.25) is 0 Å². The van der Waals surface area contributed by atoms with Crippen LogP contribution in [-0.4, -0.2) is 79.1 Å². The number of carbonyl (C=O) groups is 1. The number of nitrogens with zero attached hydrogens (tertiary/aromatic N) is 4. The Morgan fingerprint density at radius 2 is 2.03 bits per heavy atom. The maximum absolute atomic E-state index is 9.06. The number of rotatable bonds is 4. The van der Waals surface area contributed by atoms with Crippen LogP contribution >= 0.6 is 0 Å². The van der Waals surface area contributed by atoms with Crippen molar-refractivity contribution in [1.82, 2.24) is 25.1 Å². The number of likely N-dealkylation sites (tertiary alicyclic amines) is 1. The Morgan fingerprint density at radius 3 is 2.48 bits per heavy atom. The van der Waals surface area contributed by atoms with Gasteiger partial charge in [0.2, 0.25) is 0 Å². The normalized spacial score (nSPS) is 15.9. The molecule has 11 nitrogen and oxygen atoms in total. The van der Waals surface area contributed by atoms with Crippen molar-refractivity contribution in [3.8, 4) is 0 Å². The number of hydrogen-bond donors (Lipinski definition) is 5. The SMILES string of the molecule is C=CC=O.CC.CN1CCCC1COC(O)(O)O.Cc1[nH]nc2ncnc(N)c12. The molecule has 1 aliphatic heterocycles. The molecule has 0 radical (unpaired) electrons. The highest BCUT2D eigenvalue weighted by molar-refractivity contribution is 5.87. The minimum atomic E-state index is -2.98. The van der Waals surface area contributed by atoms with Crippen LogP contribution in [0.4, 0.5) is 5.82 Å². The summed E-state index contributed by atoms with van der Waals surface area (Å²) in [4.78, 5) is 18.9. The van der Waals surface area contributed by atoms with Gasteiger partial charge in [-0.05, 0) is 39.4 Å². The van der Waals surface area contributed by atoms with Gasteiger partial charge in [0.1, 0.15) is 18.4 Å². The van der Waals surface area contributed by atoms with Gasteiger partial charge in [-0.2, -0.15) is 5.10 Å². The Labute approximate surface area is 170 Å². The molecule has 1 fully saturated rings. The van der Waals surface area contributed by atoms with Crippen molar-refractivity contribution < 1.29 is 24.9 Å². The van der Waals surface area contributed by atoms with Gasteiger partial charge in [0.05, 0.1) is 12.0 Å². The second-order valence-electron chi connectivity index (χ2n) is 5.84. The first-order valence-electron chi connectivity index (χ1n) is 9.18. The van der Waals surface area contributed by atoms with E-state index in [4.69, 9.17) is 25.8 Å². The van der Waals surface area contributed by atoms with Crippen molar-refractivity contribution in [2.75, 3.05) is 25.9 Å². The number of carbonyl (C=O) groups excluding carboxylic acids is 1. The van der Waals surface area contributed by atoms with Crippen LogP contribution in [0.15, 0.2) is 19.0 Å². The molecule has 3 heterocycles. The molecule has 1 saturated heterocycles. The Hall–Kier alpha value is -2.44. The van der Waals surface area contributed by atoms with Crippen LogP contribution in [-0.2, 0) is 9.53 Å². The first-order valence-corrected chi connectivity index (χ1v) is 9.18. The van der Waals surface area contributed by atoms with Gasteiger partial charge in [0.15, 0.2) is 5.65 Å². The maximum Gasteiger partial charge on any atom is 0.405 e. The number of likely N-dealkylation sites (N-methyl/N-ethyl adjacent to an activating group) is 1. The van der Waals surface area contributed by atoms with Gasteiger partial charge in [0.25, 0.3) is 0 Å². The van der Waals surface area contributed by atoms with Crippen LogP contribution < -0.4 is 5.73 Å². The quantitative estimate of drug-likeness (QED) is 0.268. The lowest BCUT2D eigenvalue weighted by atomic mass is 10.2. The third-order valence-corrected chi connectivity index (χ3v) is 3.80. The number of H-pyrrole nitrogens is 1. The molecule has 0 saturated carbocycles. The molecule has 11 heteroatoms. The van der Waals surface area contributed by atoms with Crippen molar-refractivity contribution in [2.45, 2.75) is 45.8 Å². The number of allylic oxidation sites excluding steroid dienone is 1. The number of nitrogens with two attached hydrogens (primary N) is 1. The van der Waals surface area contributed by atoms with E-state index < -0.39 is 6.16 Å². The lowest BCUT2D eigenvalue weighted by Gasteiger charge is -2.22. The third-order valence-electron chi connectivity index (χ3n) is 3.80. The molecule has 1 aliphatic rings. The number of nitrogens with one attached hydrogen (secondary N) is 1. The second kappa shape index (κ2) is 13.7. The summed E-state index contributed by atoms with van der Waals surface area (Å²) in [6, 6.07) is 0.177. The predicted octanol–water partition coefficient (Wildman–Crippen LogP) is 0.326. The maximum atomic E-state index is 9.06. The molecule has 6 N–H and O–H groups in total. The monoisotopic (exact) mass is 412 g/mol. The van der Waals surface area contributed by atoms with E-state index in [-0.39, 0.29) is 12.6 Å². The first-order chi connectivity index (χ1) is 13.7. The smallest absolute Gasteiger partial charge is 0.383 e. The average molecular weight is 412 g/mol. The standard InChI is InChI=1S/C7H15NO4.C6H7N5.C3H4O.C2H6/c1-8-4-2-3-6(8)5-12-7(9,10)11;1-3-4-5(7)8-2-9-6(4)11-10-3;1-2-3-4;1-2/h6,9-11H,2-5H2,1H3;2H,1H3,(H3,7,8,9,10,11);2-3H,1H2;1-2H3. The molecule has 2 aromatic heterocycles. The molecule has 0 aromatic carbocycles. The number of aliphatic hydroxyl groups is 3. The second-order valence-corrected chi connectivity index (χ2v) is 5.84. The molecule has 0 amide bonds. The van der Waals surface area contributed by atoms with E-state index in [2.05, 4.69) is 36.4 Å². The summed E-state index contributed by atoms with van der Waals surface area (Å²) in [5.74, 6) is 0.473. The topological polar surface area (TPSA) is 171 Å². The molecule has 2 aromatic rings. The Morgan fingerprint density at radius 1 is 1.41 bits per heavy atom. The lowest BCUT2D eigenvalue weighted by Crippen LogP contribution is -2.38. The molecule has 3 rings (SSSR count). The van der Waals surface area contributed by atoms with E-state index in [0.717, 1.165) is 30.5 Å². The van der Waals surface area contributed by atoms with Crippen LogP contribution in [0.3, 0.4) is 0 Å². The molecule has 29 heavy (non-hydrogen) atoms. The number of aryl methyl sites for hydroxylation is 1. The van der Waals surface area contributed by atoms with E-state index in [0.29, 0.717) is 17.8 Å². The van der Waals surface area contributed by atoms with Crippen molar-refractivity contribution >= 4 is 23.1 Å². The van der Waals surface area contributed by atoms with Crippen molar-refractivity contribution in [3.05, 3.63) is 24.7 Å². The van der Waals surface area contributed by atoms with E-state index >= 15 is 0 Å². The third kappa shape index (κ3) is 10.1. The van der Waals surface area contributed by atoms with E-state index in [1.807, 2.05) is 27.8 Å². The number of ether oxygens (including phenoxy) is 1. The zero-order valence-corrected chi connectivity index (χ0v) is 17.4. The first kappa shape index (κ1) is 26.6. The number of nitrogen functional groups attached to an aromatic ring is 1. The number of hydrogen-bond acceptors (Lipinski definition) is 10. The van der Waals surface area contributed by atoms with E-state index in [9.17, 15) is 0 Å². The van der Waals surface area contributed by atoms with Gasteiger partial charge < -0.3 is 30.7 Å². The average Bonchev–Trinajstić information content (AvgIpc) is 3.28. The van der Waals surface area contributed by atoms with Gasteiger partial charge in [0, 0.05) is 11.7 Å². The van der Waals surface area contributed by atoms with Crippen LogP contribution in [0, 0.1) is 6.92 Å². The highest BCUT2D eigenvalue weighted by Crippen LogP contribution is 2.17. The van der Waals surface area contributed by atoms with Gasteiger partial charge in [-0.25, -0.2) is 9.97 Å². The molecule has 0 bridgehead atoms. The van der Waals surface area contributed by atoms with Crippen LogP contribution in [0.1, 0.15) is 32.4 Å². The molecule has 164 valence electrons. The summed E-state index contributed by atoms with van der Waals surface area (Å²) in [7, 11) is 1.94. The number of aromatic nitrogens is 4. The Bertz CT molecular complexity index is 725. The van der Waals surface area contributed by atoms with E-state index in [1.54, 1.807) is 0 Å². The summed E-state index contributed by atoms with van der Waals surface area (Å²) in [6.45, 7) is 10.1. The fourth-order valence-corrected chi connectivity index (χ4v) is 2.42. The molecular formula is C18H32N6O5. The molecular weight excluding hydrogens is 380 g/mol. The Kier molecular flexibility index (Phi) is 12.5. The van der Waals surface area contributed by atoms with Crippen molar-refractivity contribution in [1.29, 1.82) is 0 Å². The van der Waals surface area contributed by atoms with Gasteiger partial charge in [-0.3, -0.25) is 9.89 Å². The molecule has 0 aliphatic carbocycles. The predicted molar refractivity (Wildman–Crippen MR) is 109 cm³/mol. The minimum absolute atomic E-state index is 0.139. The zero-order chi connectivity index (χ0) is 22.4. The molecule has 0 spiro atoms.